The van der Waals surface area contributed by atoms with Crippen molar-refractivity contribution in [1.82, 2.24) is 9.71 Å². The molecule has 7 heteroatoms. The highest BCUT2D eigenvalue weighted by molar-refractivity contribution is 7.99. The predicted octanol–water partition coefficient (Wildman–Crippen LogP) is 4.95. The summed E-state index contributed by atoms with van der Waals surface area (Å²) >= 11 is 1.40. The molecule has 0 bridgehead atoms. The maximum Gasteiger partial charge on any atom is 0.257 e. The Labute approximate surface area is 174 Å². The molecule has 1 heterocycles. The van der Waals surface area contributed by atoms with Crippen molar-refractivity contribution in [3.05, 3.63) is 90.0 Å². The van der Waals surface area contributed by atoms with Crippen LogP contribution in [-0.2, 0) is 10.0 Å². The summed E-state index contributed by atoms with van der Waals surface area (Å²) in [4.78, 5) is 4.76. The van der Waals surface area contributed by atoms with Crippen molar-refractivity contribution in [3.8, 4) is 0 Å². The van der Waals surface area contributed by atoms with Gasteiger partial charge < -0.3 is 4.42 Å². The number of benzene rings is 3. The number of aromatic nitrogens is 1. The molecule has 3 aromatic carbocycles. The highest BCUT2D eigenvalue weighted by Gasteiger charge is 2.21. The summed E-state index contributed by atoms with van der Waals surface area (Å²) < 4.78 is 34.0. The first-order chi connectivity index (χ1) is 14.0. The van der Waals surface area contributed by atoms with Crippen LogP contribution in [-0.4, -0.2) is 19.9 Å². The highest BCUT2D eigenvalue weighted by atomic mass is 32.2. The molecular weight excluding hydrogens is 404 g/mol. The van der Waals surface area contributed by atoms with E-state index in [1.165, 1.54) is 11.8 Å². The maximum atomic E-state index is 12.7. The van der Waals surface area contributed by atoms with Gasteiger partial charge in [0.05, 0.1) is 10.1 Å². The zero-order chi connectivity index (χ0) is 20.3. The molecule has 148 valence electrons. The average Bonchev–Trinajstić information content (AvgIpc) is 3.14. The number of aryl methyl sites for hydroxylation is 1. The predicted molar refractivity (Wildman–Crippen MR) is 115 cm³/mol. The van der Waals surface area contributed by atoms with Crippen molar-refractivity contribution in [1.29, 1.82) is 0 Å². The van der Waals surface area contributed by atoms with Gasteiger partial charge in [-0.25, -0.2) is 18.1 Å². The van der Waals surface area contributed by atoms with Crippen LogP contribution >= 0.6 is 11.8 Å². The summed E-state index contributed by atoms with van der Waals surface area (Å²) in [6.07, 6.45) is 0. The second-order valence-corrected chi connectivity index (χ2v) is 9.55. The van der Waals surface area contributed by atoms with Gasteiger partial charge in [-0.1, -0.05) is 71.9 Å². The molecule has 0 fully saturated rings. The number of hydrogen-bond acceptors (Lipinski definition) is 5. The lowest BCUT2D eigenvalue weighted by Gasteiger charge is -2.16. The van der Waals surface area contributed by atoms with Crippen molar-refractivity contribution < 1.29 is 12.8 Å². The third kappa shape index (κ3) is 4.70. The second-order valence-electron chi connectivity index (χ2n) is 6.63. The van der Waals surface area contributed by atoms with E-state index in [-0.39, 0.29) is 16.7 Å². The van der Waals surface area contributed by atoms with Gasteiger partial charge in [0.25, 0.3) is 5.22 Å². The summed E-state index contributed by atoms with van der Waals surface area (Å²) in [7, 11) is -3.61. The third-order valence-electron chi connectivity index (χ3n) is 4.48. The molecule has 1 atom stereocenters. The topological polar surface area (TPSA) is 72.2 Å². The van der Waals surface area contributed by atoms with Gasteiger partial charge >= 0.3 is 0 Å². The standard InChI is InChI=1S/C22H20N2O3S2/c1-16-11-13-18(14-12-16)29(25,26)23-15-21(17-7-3-2-4-8-17)28-22-24-19-9-5-6-10-20(19)27-22/h2-14,21,23H,15H2,1H3/t21-/m1/s1. The molecule has 0 saturated carbocycles. The fraction of sp³-hybridized carbons (Fsp3) is 0.136. The molecule has 0 aliphatic heterocycles. The molecule has 0 spiro atoms. The number of nitrogens with one attached hydrogen (secondary N) is 1. The first-order valence-electron chi connectivity index (χ1n) is 9.15. The van der Waals surface area contributed by atoms with Crippen LogP contribution in [0.3, 0.4) is 0 Å². The third-order valence-corrected chi connectivity index (χ3v) is 7.02. The van der Waals surface area contributed by atoms with Gasteiger partial charge in [-0.3, -0.25) is 0 Å². The monoisotopic (exact) mass is 424 g/mol. The number of thioether (sulfide) groups is 1. The number of nitrogens with zero attached hydrogens (tertiary/aromatic N) is 1. The quantitative estimate of drug-likeness (QED) is 0.425. The van der Waals surface area contributed by atoms with Crippen LogP contribution in [0.25, 0.3) is 11.1 Å². The zero-order valence-corrected chi connectivity index (χ0v) is 17.4. The highest BCUT2D eigenvalue weighted by Crippen LogP contribution is 2.36. The summed E-state index contributed by atoms with van der Waals surface area (Å²) in [6, 6.07) is 24.1. The summed E-state index contributed by atoms with van der Waals surface area (Å²) in [5.41, 5.74) is 3.49. The van der Waals surface area contributed by atoms with Gasteiger partial charge in [0, 0.05) is 6.54 Å². The lowest BCUT2D eigenvalue weighted by Crippen LogP contribution is -2.27. The molecule has 4 aromatic rings. The number of fused-ring (bicyclic) bond motifs is 1. The van der Waals surface area contributed by atoms with E-state index in [9.17, 15) is 8.42 Å². The Morgan fingerprint density at radius 1 is 0.966 bits per heavy atom. The van der Waals surface area contributed by atoms with Crippen molar-refractivity contribution >= 4 is 32.9 Å². The van der Waals surface area contributed by atoms with E-state index in [4.69, 9.17) is 4.42 Å². The van der Waals surface area contributed by atoms with Crippen LogP contribution in [0, 0.1) is 6.92 Å². The van der Waals surface area contributed by atoms with E-state index in [1.54, 1.807) is 24.3 Å². The molecule has 0 aliphatic rings. The van der Waals surface area contributed by atoms with Crippen LogP contribution in [0.15, 0.2) is 93.4 Å². The van der Waals surface area contributed by atoms with E-state index >= 15 is 0 Å². The fourth-order valence-electron chi connectivity index (χ4n) is 2.90. The minimum absolute atomic E-state index is 0.190. The van der Waals surface area contributed by atoms with Crippen LogP contribution < -0.4 is 4.72 Å². The SMILES string of the molecule is Cc1ccc(S(=O)(=O)NC[C@@H](Sc2nc3ccccc3o2)c2ccccc2)cc1. The first-order valence-corrected chi connectivity index (χ1v) is 11.5. The molecule has 29 heavy (non-hydrogen) atoms. The molecule has 1 aromatic heterocycles. The molecule has 0 saturated heterocycles. The van der Waals surface area contributed by atoms with Crippen molar-refractivity contribution in [3.63, 3.8) is 0 Å². The lowest BCUT2D eigenvalue weighted by molar-refractivity contribution is 0.488. The molecule has 1 N–H and O–H groups in total. The summed E-state index contributed by atoms with van der Waals surface area (Å²) in [6.45, 7) is 2.13. The van der Waals surface area contributed by atoms with E-state index in [0.717, 1.165) is 16.6 Å². The van der Waals surface area contributed by atoms with Crippen LogP contribution in [0.2, 0.25) is 0 Å². The number of rotatable bonds is 7. The Balaban J connectivity index is 1.57. The van der Waals surface area contributed by atoms with Crippen LogP contribution in [0.1, 0.15) is 16.4 Å². The average molecular weight is 425 g/mol. The molecule has 0 amide bonds. The van der Waals surface area contributed by atoms with Crippen molar-refractivity contribution in [2.75, 3.05) is 6.54 Å². The molecule has 0 unspecified atom stereocenters. The molecule has 5 nitrogen and oxygen atoms in total. The second kappa shape index (κ2) is 8.41. The largest absolute Gasteiger partial charge is 0.431 e. The maximum absolute atomic E-state index is 12.7. The van der Waals surface area contributed by atoms with Gasteiger partial charge in [0.15, 0.2) is 5.58 Å². The van der Waals surface area contributed by atoms with Gasteiger partial charge in [-0.15, -0.1) is 0 Å². The van der Waals surface area contributed by atoms with E-state index < -0.39 is 10.0 Å². The van der Waals surface area contributed by atoms with Crippen molar-refractivity contribution in [2.24, 2.45) is 0 Å². The minimum atomic E-state index is -3.61. The lowest BCUT2D eigenvalue weighted by atomic mass is 10.1. The van der Waals surface area contributed by atoms with Crippen LogP contribution in [0.4, 0.5) is 0 Å². The van der Waals surface area contributed by atoms with E-state index in [0.29, 0.717) is 10.8 Å². The summed E-state index contributed by atoms with van der Waals surface area (Å²) in [5.74, 6) is 0. The molecule has 4 rings (SSSR count). The minimum Gasteiger partial charge on any atom is -0.431 e. The molecular formula is C22H20N2O3S2. The Morgan fingerprint density at radius 2 is 1.66 bits per heavy atom. The Morgan fingerprint density at radius 3 is 2.38 bits per heavy atom. The van der Waals surface area contributed by atoms with E-state index in [2.05, 4.69) is 9.71 Å². The zero-order valence-electron chi connectivity index (χ0n) is 15.8. The van der Waals surface area contributed by atoms with Gasteiger partial charge in [0.2, 0.25) is 10.0 Å². The number of oxazole rings is 1. The molecule has 0 aliphatic carbocycles. The van der Waals surface area contributed by atoms with Gasteiger partial charge in [-0.2, -0.15) is 0 Å². The summed E-state index contributed by atoms with van der Waals surface area (Å²) in [5, 5.41) is 0.319. The number of sulfonamides is 1. The number of para-hydroxylation sites is 2. The normalized spacial score (nSPS) is 12.9. The van der Waals surface area contributed by atoms with Crippen LogP contribution in [0.5, 0.6) is 0 Å². The fourth-order valence-corrected chi connectivity index (χ4v) is 5.05. The van der Waals surface area contributed by atoms with Gasteiger partial charge in [-0.05, 0) is 36.8 Å². The van der Waals surface area contributed by atoms with Gasteiger partial charge in [0.1, 0.15) is 5.52 Å². The molecule has 0 radical (unpaired) electrons. The van der Waals surface area contributed by atoms with E-state index in [1.807, 2.05) is 61.5 Å². The van der Waals surface area contributed by atoms with Crippen molar-refractivity contribution in [2.45, 2.75) is 22.3 Å². The Kier molecular flexibility index (Phi) is 5.71. The smallest absolute Gasteiger partial charge is 0.257 e. The Hall–Kier alpha value is -2.61. The Bertz CT molecular complexity index is 1170. The first kappa shape index (κ1) is 19.7. The number of hydrogen-bond donors (Lipinski definition) is 1.